The van der Waals surface area contributed by atoms with Gasteiger partial charge in [0.15, 0.2) is 0 Å². The maximum absolute atomic E-state index is 13.4. The maximum atomic E-state index is 13.4. The van der Waals surface area contributed by atoms with Crippen LogP contribution >= 0.6 is 0 Å². The summed E-state index contributed by atoms with van der Waals surface area (Å²) in [5, 5.41) is 12.5. The number of hydrogen-bond acceptors (Lipinski definition) is 8. The van der Waals surface area contributed by atoms with Gasteiger partial charge in [-0.2, -0.15) is 0 Å². The number of nitrogens with one attached hydrogen (secondary N) is 1. The summed E-state index contributed by atoms with van der Waals surface area (Å²) in [6.07, 6.45) is 5.74. The lowest BCUT2D eigenvalue weighted by molar-refractivity contribution is -0.136. The number of aryl methyl sites for hydroxylation is 1. The minimum atomic E-state index is -0.955. The molecule has 6 aliphatic heterocycles. The van der Waals surface area contributed by atoms with E-state index in [-0.39, 0.29) is 24.7 Å². The summed E-state index contributed by atoms with van der Waals surface area (Å²) < 4.78 is 0. The fraction of sp³-hybridized carbons (Fsp3) is 0.391. The molecule has 4 amide bonds. The average molecular weight is 750 g/mol. The second kappa shape index (κ2) is 13.9. The van der Waals surface area contributed by atoms with Gasteiger partial charge in [0.1, 0.15) is 11.8 Å². The third kappa shape index (κ3) is 6.05. The Kier molecular flexibility index (Phi) is 8.69. The van der Waals surface area contributed by atoms with Crippen molar-refractivity contribution < 1.29 is 24.3 Å². The molecule has 0 spiro atoms. The van der Waals surface area contributed by atoms with E-state index < -0.39 is 23.8 Å². The number of fused-ring (bicyclic) bond motifs is 4. The van der Waals surface area contributed by atoms with Crippen molar-refractivity contribution in [1.82, 2.24) is 15.1 Å². The van der Waals surface area contributed by atoms with Gasteiger partial charge < -0.3 is 14.9 Å². The fourth-order valence-corrected chi connectivity index (χ4v) is 10.8. The molecule has 56 heavy (non-hydrogen) atoms. The third-order valence-electron chi connectivity index (χ3n) is 13.6. The molecule has 5 saturated heterocycles. The van der Waals surface area contributed by atoms with Crippen LogP contribution in [0.15, 0.2) is 91.0 Å². The van der Waals surface area contributed by atoms with Crippen LogP contribution in [0.1, 0.15) is 93.3 Å². The molecule has 3 unspecified atom stereocenters. The van der Waals surface area contributed by atoms with Crippen LogP contribution in [0.25, 0.3) is 0 Å². The maximum Gasteiger partial charge on any atom is 0.262 e. The summed E-state index contributed by atoms with van der Waals surface area (Å²) in [5.41, 5.74) is 8.20. The van der Waals surface area contributed by atoms with Gasteiger partial charge in [0.25, 0.3) is 11.8 Å². The van der Waals surface area contributed by atoms with E-state index in [2.05, 4.69) is 80.7 Å². The molecule has 1 aliphatic carbocycles. The molecule has 6 heterocycles. The zero-order chi connectivity index (χ0) is 38.1. The van der Waals surface area contributed by atoms with Crippen LogP contribution in [0.2, 0.25) is 0 Å². The number of benzene rings is 4. The average Bonchev–Trinajstić information content (AvgIpc) is 3.46. The summed E-state index contributed by atoms with van der Waals surface area (Å²) in [6, 6.07) is 31.4. The smallest absolute Gasteiger partial charge is 0.262 e. The van der Waals surface area contributed by atoms with Crippen molar-refractivity contribution in [3.8, 4) is 5.75 Å². The number of nitrogens with zero attached hydrogens (tertiary/aromatic N) is 4. The number of hydrogen-bond donors (Lipinski definition) is 2. The molecule has 0 aromatic heterocycles. The molecule has 0 radical (unpaired) electrons. The molecule has 7 aliphatic rings. The molecule has 11 rings (SSSR count). The van der Waals surface area contributed by atoms with Crippen molar-refractivity contribution in [3.63, 3.8) is 0 Å². The van der Waals surface area contributed by atoms with E-state index in [1.165, 1.54) is 27.9 Å². The quantitative estimate of drug-likeness (QED) is 0.227. The van der Waals surface area contributed by atoms with Gasteiger partial charge in [0, 0.05) is 68.5 Å². The Morgan fingerprint density at radius 1 is 0.696 bits per heavy atom. The monoisotopic (exact) mass is 749 g/mol. The highest BCUT2D eigenvalue weighted by Crippen LogP contribution is 2.47. The van der Waals surface area contributed by atoms with Gasteiger partial charge in [-0.3, -0.25) is 34.3 Å². The first-order valence-electron chi connectivity index (χ1n) is 20.4. The van der Waals surface area contributed by atoms with Crippen molar-refractivity contribution >= 4 is 35.0 Å². The molecular formula is C46H47N5O5. The van der Waals surface area contributed by atoms with Crippen LogP contribution in [0.3, 0.4) is 0 Å². The predicted octanol–water partition coefficient (Wildman–Crippen LogP) is 5.83. The SMILES string of the molecule is O=C1CCC(N2C(=O)c3ccc(N4C5CC4CN(CC4CCN(c6ccc([C@@H]7c8ccc(O)cc8CC[C@@H]7c7ccccc7)cc6)CC4)C5)cc3C2=O)C(=O)N1. The van der Waals surface area contributed by atoms with E-state index in [1.807, 2.05) is 24.3 Å². The normalized spacial score (nSPS) is 26.5. The minimum absolute atomic E-state index is 0.108. The van der Waals surface area contributed by atoms with Crippen LogP contribution in [-0.2, 0) is 16.0 Å². The Morgan fingerprint density at radius 2 is 1.43 bits per heavy atom. The molecule has 10 heteroatoms. The molecule has 286 valence electrons. The highest BCUT2D eigenvalue weighted by molar-refractivity contribution is 6.23. The second-order valence-electron chi connectivity index (χ2n) is 16.8. The predicted molar refractivity (Wildman–Crippen MR) is 213 cm³/mol. The van der Waals surface area contributed by atoms with Gasteiger partial charge >= 0.3 is 0 Å². The van der Waals surface area contributed by atoms with Crippen molar-refractivity contribution in [3.05, 3.63) is 124 Å². The second-order valence-corrected chi connectivity index (χ2v) is 16.8. The number of anilines is 2. The molecule has 5 atom stereocenters. The number of piperidine rings is 3. The molecule has 4 aromatic rings. The van der Waals surface area contributed by atoms with Crippen LogP contribution < -0.4 is 15.1 Å². The first-order valence-corrected chi connectivity index (χ1v) is 20.4. The summed E-state index contributed by atoms with van der Waals surface area (Å²) in [6.45, 7) is 5.17. The lowest BCUT2D eigenvalue weighted by Crippen LogP contribution is -2.69. The van der Waals surface area contributed by atoms with Gasteiger partial charge in [-0.05, 0) is 115 Å². The van der Waals surface area contributed by atoms with Gasteiger partial charge in [0.2, 0.25) is 11.8 Å². The topological polar surface area (TPSA) is 114 Å². The van der Waals surface area contributed by atoms with Gasteiger partial charge in [-0.1, -0.05) is 48.5 Å². The Labute approximate surface area is 327 Å². The van der Waals surface area contributed by atoms with E-state index >= 15 is 0 Å². The third-order valence-corrected chi connectivity index (χ3v) is 13.6. The van der Waals surface area contributed by atoms with Crippen LogP contribution in [0.5, 0.6) is 5.75 Å². The van der Waals surface area contributed by atoms with Gasteiger partial charge in [0.05, 0.1) is 11.1 Å². The molecule has 10 nitrogen and oxygen atoms in total. The zero-order valence-electron chi connectivity index (χ0n) is 31.5. The van der Waals surface area contributed by atoms with Crippen LogP contribution in [0.4, 0.5) is 11.4 Å². The Balaban J connectivity index is 0.754. The van der Waals surface area contributed by atoms with E-state index in [9.17, 15) is 24.3 Å². The molecule has 5 fully saturated rings. The van der Waals surface area contributed by atoms with E-state index in [1.54, 1.807) is 6.07 Å². The first kappa shape index (κ1) is 35.0. The summed E-state index contributed by atoms with van der Waals surface area (Å²) in [4.78, 5) is 59.4. The molecule has 0 saturated carbocycles. The first-order chi connectivity index (χ1) is 27.3. The van der Waals surface area contributed by atoms with Crippen molar-refractivity contribution in [2.24, 2.45) is 5.92 Å². The molecule has 2 N–H and O–H groups in total. The lowest BCUT2D eigenvalue weighted by atomic mass is 9.69. The number of carbonyl (C=O) groups excluding carboxylic acids is 4. The number of aromatic hydroxyl groups is 1. The van der Waals surface area contributed by atoms with Crippen molar-refractivity contribution in [2.45, 2.75) is 74.9 Å². The van der Waals surface area contributed by atoms with Crippen molar-refractivity contribution in [1.29, 1.82) is 0 Å². The number of imide groups is 2. The Morgan fingerprint density at radius 3 is 2.18 bits per heavy atom. The number of phenolic OH excluding ortho intramolecular Hbond substituents is 1. The minimum Gasteiger partial charge on any atom is -0.508 e. The fourth-order valence-electron chi connectivity index (χ4n) is 10.8. The van der Waals surface area contributed by atoms with Crippen LogP contribution in [0, 0.1) is 5.92 Å². The van der Waals surface area contributed by atoms with Crippen molar-refractivity contribution in [2.75, 3.05) is 42.5 Å². The van der Waals surface area contributed by atoms with Gasteiger partial charge in [-0.25, -0.2) is 0 Å². The summed E-state index contributed by atoms with van der Waals surface area (Å²) in [5.74, 6) is -0.246. The number of rotatable bonds is 7. The van der Waals surface area contributed by atoms with Crippen LogP contribution in [-0.4, -0.2) is 89.4 Å². The number of amides is 4. The summed E-state index contributed by atoms with van der Waals surface area (Å²) in [7, 11) is 0. The molecule has 4 aromatic carbocycles. The number of piperazine rings is 1. The Bertz CT molecular complexity index is 2200. The zero-order valence-corrected chi connectivity index (χ0v) is 31.5. The standard InChI is InChI=1S/C46H47N5O5/c52-36-12-15-38-31(22-36)8-13-37(29-4-2-1-3-5-29)43(38)30-6-9-32(10-7-30)49-20-18-28(19-21-49)25-48-26-34-23-35(27-48)50(34)33-11-14-39-40(24-33)46(56)51(45(39)55)41-16-17-42(53)47-44(41)54/h1-7,9-12,14-15,22,24,28,34-35,37,41,43,52H,8,13,16-21,23,25-27H2,(H,47,53,54)/t34?,35?,37-,41?,43+/m1/s1. The highest BCUT2D eigenvalue weighted by Gasteiger charge is 2.48. The number of phenols is 1. The van der Waals surface area contributed by atoms with Gasteiger partial charge in [-0.15, -0.1) is 0 Å². The Hall–Kier alpha value is -5.48. The molecule has 2 bridgehead atoms. The summed E-state index contributed by atoms with van der Waals surface area (Å²) >= 11 is 0. The molecular weight excluding hydrogens is 703 g/mol. The number of carbonyl (C=O) groups is 4. The van der Waals surface area contributed by atoms with E-state index in [0.717, 1.165) is 75.4 Å². The van der Waals surface area contributed by atoms with E-state index in [0.29, 0.717) is 40.8 Å². The largest absolute Gasteiger partial charge is 0.508 e. The van der Waals surface area contributed by atoms with E-state index in [4.69, 9.17) is 0 Å². The lowest BCUT2D eigenvalue weighted by Gasteiger charge is -2.58. The highest BCUT2D eigenvalue weighted by atomic mass is 16.3.